The van der Waals surface area contributed by atoms with E-state index in [2.05, 4.69) is 33.4 Å². The van der Waals surface area contributed by atoms with Crippen LogP contribution in [0.4, 0.5) is 0 Å². The minimum absolute atomic E-state index is 0.0721. The van der Waals surface area contributed by atoms with Crippen molar-refractivity contribution >= 4 is 43.3 Å². The van der Waals surface area contributed by atoms with Crippen LogP contribution in [0.15, 0.2) is 30.3 Å². The molecule has 2 unspecified atom stereocenters. The molecule has 1 N–H and O–H groups in total. The number of carbonyl (C=O) groups excluding carboxylic acids is 1. The predicted octanol–water partition coefficient (Wildman–Crippen LogP) is 4.58. The molecule has 2 aromatic rings. The Morgan fingerprint density at radius 2 is 2.20 bits per heavy atom. The molecule has 4 heteroatoms. The second-order valence-corrected chi connectivity index (χ2v) is 7.87. The first-order valence-electron chi connectivity index (χ1n) is 7.13. The van der Waals surface area contributed by atoms with Gasteiger partial charge in [0.25, 0.3) is 5.91 Å². The second-order valence-electron chi connectivity index (χ2n) is 5.49. The third kappa shape index (κ3) is 3.23. The highest BCUT2D eigenvalue weighted by Gasteiger charge is 2.20. The van der Waals surface area contributed by atoms with Crippen molar-refractivity contribution in [3.05, 3.63) is 35.2 Å². The molecule has 20 heavy (non-hydrogen) atoms. The van der Waals surface area contributed by atoms with Gasteiger partial charge in [0.05, 0.1) is 4.88 Å². The van der Waals surface area contributed by atoms with E-state index in [0.29, 0.717) is 10.7 Å². The van der Waals surface area contributed by atoms with Crippen molar-refractivity contribution in [1.82, 2.24) is 5.32 Å². The van der Waals surface area contributed by atoms with Gasteiger partial charge in [-0.05, 0) is 42.7 Å². The number of amides is 1. The van der Waals surface area contributed by atoms with Crippen LogP contribution in [0.5, 0.6) is 0 Å². The normalized spacial score (nSPS) is 22.9. The van der Waals surface area contributed by atoms with Gasteiger partial charge in [-0.3, -0.25) is 4.79 Å². The highest BCUT2D eigenvalue weighted by atomic mass is 79.9. The average Bonchev–Trinajstić information content (AvgIpc) is 2.89. The van der Waals surface area contributed by atoms with E-state index < -0.39 is 0 Å². The smallest absolute Gasteiger partial charge is 0.261 e. The standard InChI is InChI=1S/C16H18BrNOS/c17-13-6-3-4-11(8-13)10-18-16(19)15-9-12-5-1-2-7-14(12)20-15/h1-2,5,7,9,11,13H,3-4,6,8,10H2,(H,18,19). The van der Waals surface area contributed by atoms with Gasteiger partial charge in [-0.1, -0.05) is 40.5 Å². The van der Waals surface area contributed by atoms with Gasteiger partial charge < -0.3 is 5.32 Å². The van der Waals surface area contributed by atoms with Crippen LogP contribution in [0.2, 0.25) is 0 Å². The molecule has 1 heterocycles. The Morgan fingerprint density at radius 3 is 3.00 bits per heavy atom. The van der Waals surface area contributed by atoms with Gasteiger partial charge >= 0.3 is 0 Å². The number of benzene rings is 1. The van der Waals surface area contributed by atoms with Gasteiger partial charge in [0.1, 0.15) is 0 Å². The Kier molecular flexibility index (Phi) is 4.41. The fourth-order valence-electron chi connectivity index (χ4n) is 2.83. The average molecular weight is 352 g/mol. The van der Waals surface area contributed by atoms with Crippen LogP contribution in [-0.2, 0) is 0 Å². The van der Waals surface area contributed by atoms with E-state index in [1.807, 2.05) is 18.2 Å². The lowest BCUT2D eigenvalue weighted by Gasteiger charge is -2.25. The lowest BCUT2D eigenvalue weighted by molar-refractivity contribution is 0.0948. The zero-order valence-corrected chi connectivity index (χ0v) is 13.7. The summed E-state index contributed by atoms with van der Waals surface area (Å²) in [5.41, 5.74) is 0. The molecule has 1 fully saturated rings. The van der Waals surface area contributed by atoms with Crippen molar-refractivity contribution < 1.29 is 4.79 Å². The molecule has 2 atom stereocenters. The van der Waals surface area contributed by atoms with Gasteiger partial charge in [-0.15, -0.1) is 11.3 Å². The zero-order valence-electron chi connectivity index (χ0n) is 11.3. The molecule has 0 aliphatic heterocycles. The van der Waals surface area contributed by atoms with Crippen molar-refractivity contribution in [2.75, 3.05) is 6.54 Å². The third-order valence-corrected chi connectivity index (χ3v) is 5.87. The van der Waals surface area contributed by atoms with Gasteiger partial charge in [0.15, 0.2) is 0 Å². The van der Waals surface area contributed by atoms with E-state index in [4.69, 9.17) is 0 Å². The summed E-state index contributed by atoms with van der Waals surface area (Å²) < 4.78 is 1.18. The van der Waals surface area contributed by atoms with Gasteiger partial charge in [-0.2, -0.15) is 0 Å². The Hall–Kier alpha value is -0.870. The summed E-state index contributed by atoms with van der Waals surface area (Å²) in [6, 6.07) is 10.1. The summed E-state index contributed by atoms with van der Waals surface area (Å²) in [5, 5.41) is 4.25. The second kappa shape index (κ2) is 6.27. The highest BCUT2D eigenvalue weighted by Crippen LogP contribution is 2.29. The van der Waals surface area contributed by atoms with Crippen molar-refractivity contribution in [3.8, 4) is 0 Å². The first-order chi connectivity index (χ1) is 9.72. The molecule has 2 nitrogen and oxygen atoms in total. The van der Waals surface area contributed by atoms with E-state index in [1.165, 1.54) is 30.4 Å². The van der Waals surface area contributed by atoms with Crippen LogP contribution < -0.4 is 5.32 Å². The van der Waals surface area contributed by atoms with E-state index >= 15 is 0 Å². The number of hydrogen-bond donors (Lipinski definition) is 1. The van der Waals surface area contributed by atoms with Crippen molar-refractivity contribution in [2.45, 2.75) is 30.5 Å². The summed E-state index contributed by atoms with van der Waals surface area (Å²) in [6.07, 6.45) is 4.93. The van der Waals surface area contributed by atoms with E-state index in [0.717, 1.165) is 16.8 Å². The summed E-state index contributed by atoms with van der Waals surface area (Å²) in [5.74, 6) is 0.689. The molecule has 3 rings (SSSR count). The zero-order chi connectivity index (χ0) is 13.9. The summed E-state index contributed by atoms with van der Waals surface area (Å²) in [6.45, 7) is 0.801. The van der Waals surface area contributed by atoms with Crippen LogP contribution in [0, 0.1) is 5.92 Å². The van der Waals surface area contributed by atoms with Gasteiger partial charge in [0, 0.05) is 16.1 Å². The number of halogens is 1. The Bertz CT molecular complexity index is 576. The Labute approximate surface area is 131 Å². The third-order valence-electron chi connectivity index (χ3n) is 3.92. The highest BCUT2D eigenvalue weighted by molar-refractivity contribution is 9.09. The van der Waals surface area contributed by atoms with Crippen molar-refractivity contribution in [2.24, 2.45) is 5.92 Å². The van der Waals surface area contributed by atoms with Crippen molar-refractivity contribution in [1.29, 1.82) is 0 Å². The first-order valence-corrected chi connectivity index (χ1v) is 8.86. The number of rotatable bonds is 3. The fraction of sp³-hybridized carbons (Fsp3) is 0.438. The Morgan fingerprint density at radius 1 is 1.35 bits per heavy atom. The molecule has 1 aromatic carbocycles. The predicted molar refractivity (Wildman–Crippen MR) is 88.8 cm³/mol. The van der Waals surface area contributed by atoms with E-state index in [9.17, 15) is 4.79 Å². The molecule has 0 radical (unpaired) electrons. The van der Waals surface area contributed by atoms with Crippen LogP contribution in [0.25, 0.3) is 10.1 Å². The molecular formula is C16H18BrNOS. The van der Waals surface area contributed by atoms with Gasteiger partial charge in [-0.25, -0.2) is 0 Å². The number of hydrogen-bond acceptors (Lipinski definition) is 2. The molecule has 1 amide bonds. The van der Waals surface area contributed by atoms with Crippen LogP contribution in [-0.4, -0.2) is 17.3 Å². The number of fused-ring (bicyclic) bond motifs is 1. The summed E-state index contributed by atoms with van der Waals surface area (Å²) in [4.78, 5) is 13.7. The molecule has 0 saturated heterocycles. The molecular weight excluding hydrogens is 334 g/mol. The first kappa shape index (κ1) is 14.1. The molecule has 0 spiro atoms. The fourth-order valence-corrected chi connectivity index (χ4v) is 4.66. The molecule has 0 bridgehead atoms. The monoisotopic (exact) mass is 351 g/mol. The molecule has 1 aliphatic carbocycles. The SMILES string of the molecule is O=C(NCC1CCCC(Br)C1)c1cc2ccccc2s1. The summed E-state index contributed by atoms with van der Waals surface area (Å²) >= 11 is 5.26. The number of thiophene rings is 1. The maximum absolute atomic E-state index is 12.2. The van der Waals surface area contributed by atoms with Gasteiger partial charge in [0.2, 0.25) is 0 Å². The van der Waals surface area contributed by atoms with Crippen LogP contribution in [0.1, 0.15) is 35.4 Å². The quantitative estimate of drug-likeness (QED) is 0.805. The molecule has 1 aliphatic rings. The lowest BCUT2D eigenvalue weighted by Crippen LogP contribution is -2.31. The Balaban J connectivity index is 1.61. The number of nitrogens with one attached hydrogen (secondary N) is 1. The number of alkyl halides is 1. The maximum Gasteiger partial charge on any atom is 0.261 e. The molecule has 1 aromatic heterocycles. The topological polar surface area (TPSA) is 29.1 Å². The van der Waals surface area contributed by atoms with E-state index in [1.54, 1.807) is 11.3 Å². The molecule has 106 valence electrons. The minimum Gasteiger partial charge on any atom is -0.351 e. The van der Waals surface area contributed by atoms with E-state index in [-0.39, 0.29) is 5.91 Å². The molecule has 1 saturated carbocycles. The summed E-state index contributed by atoms with van der Waals surface area (Å²) in [7, 11) is 0. The largest absolute Gasteiger partial charge is 0.351 e. The lowest BCUT2D eigenvalue weighted by atomic mass is 9.89. The maximum atomic E-state index is 12.2. The van der Waals surface area contributed by atoms with Crippen LogP contribution >= 0.6 is 27.3 Å². The number of carbonyl (C=O) groups is 1. The van der Waals surface area contributed by atoms with Crippen molar-refractivity contribution in [3.63, 3.8) is 0 Å². The van der Waals surface area contributed by atoms with Crippen LogP contribution in [0.3, 0.4) is 0 Å². The minimum atomic E-state index is 0.0721.